The number of aryl methyl sites for hydroxylation is 3. The van der Waals surface area contributed by atoms with Crippen LogP contribution in [0.3, 0.4) is 0 Å². The Morgan fingerprint density at radius 3 is 2.81 bits per heavy atom. The fourth-order valence-electron chi connectivity index (χ4n) is 3.33. The number of imidazole rings is 1. The van der Waals surface area contributed by atoms with E-state index in [0.717, 1.165) is 50.7 Å². The van der Waals surface area contributed by atoms with Crippen LogP contribution in [0.1, 0.15) is 23.7 Å². The van der Waals surface area contributed by atoms with Crippen molar-refractivity contribution >= 4 is 33.5 Å². The molecule has 4 rings (SSSR count). The van der Waals surface area contributed by atoms with Crippen LogP contribution in [-0.2, 0) is 17.9 Å². The lowest BCUT2D eigenvalue weighted by atomic mass is 10.1. The van der Waals surface area contributed by atoms with Crippen molar-refractivity contribution in [1.29, 1.82) is 0 Å². The molecule has 0 unspecified atom stereocenters. The highest BCUT2D eigenvalue weighted by Crippen LogP contribution is 2.37. The first kappa shape index (κ1) is 20.9. The maximum absolute atomic E-state index is 12.4. The van der Waals surface area contributed by atoms with Gasteiger partial charge in [-0.05, 0) is 56.2 Å². The summed E-state index contributed by atoms with van der Waals surface area (Å²) >= 11 is 1.39. The van der Waals surface area contributed by atoms with Gasteiger partial charge in [0.05, 0.1) is 35.7 Å². The minimum absolute atomic E-state index is 0.164. The lowest BCUT2D eigenvalue weighted by molar-refractivity contribution is 0.155. The van der Waals surface area contributed by atoms with Crippen LogP contribution in [0.5, 0.6) is 5.75 Å². The molecule has 1 N–H and O–H groups in total. The van der Waals surface area contributed by atoms with Gasteiger partial charge >= 0.3 is 6.09 Å². The van der Waals surface area contributed by atoms with Crippen LogP contribution in [0.25, 0.3) is 21.6 Å². The number of methoxy groups -OCH3 is 1. The van der Waals surface area contributed by atoms with Gasteiger partial charge in [-0.15, -0.1) is 0 Å². The van der Waals surface area contributed by atoms with Crippen LogP contribution in [0, 0.1) is 13.8 Å². The number of rotatable bonds is 6. The number of fused-ring (bicyclic) bond motifs is 1. The predicted molar refractivity (Wildman–Crippen MR) is 123 cm³/mol. The van der Waals surface area contributed by atoms with Gasteiger partial charge in [0.1, 0.15) is 22.4 Å². The normalized spacial score (nSPS) is 11.0. The summed E-state index contributed by atoms with van der Waals surface area (Å²) in [6.07, 6.45) is 1.29. The number of thiazole rings is 1. The summed E-state index contributed by atoms with van der Waals surface area (Å²) in [5.74, 6) is 0.754. The Labute approximate surface area is 184 Å². The first-order chi connectivity index (χ1) is 15.0. The number of carbonyl (C=O) groups is 1. The summed E-state index contributed by atoms with van der Waals surface area (Å²) in [6.45, 7) is 6.96. The molecule has 31 heavy (non-hydrogen) atoms. The van der Waals surface area contributed by atoms with Crippen LogP contribution < -0.4 is 10.1 Å². The molecule has 0 saturated heterocycles. The summed E-state index contributed by atoms with van der Waals surface area (Å²) in [7, 11) is 1.64. The zero-order valence-corrected chi connectivity index (χ0v) is 18.7. The van der Waals surface area contributed by atoms with Crippen LogP contribution >= 0.6 is 11.3 Å². The first-order valence-electron chi connectivity index (χ1n) is 9.98. The molecule has 2 aromatic heterocycles. The summed E-state index contributed by atoms with van der Waals surface area (Å²) in [6, 6.07) is 11.8. The van der Waals surface area contributed by atoms with E-state index in [4.69, 9.17) is 9.47 Å². The molecule has 7 nitrogen and oxygen atoms in total. The van der Waals surface area contributed by atoms with Crippen molar-refractivity contribution in [2.45, 2.75) is 33.9 Å². The topological polar surface area (TPSA) is 78.3 Å². The third kappa shape index (κ3) is 4.39. The number of hydrogen-bond donors (Lipinski definition) is 1. The van der Waals surface area contributed by atoms with Gasteiger partial charge in [-0.3, -0.25) is 5.32 Å². The number of ether oxygens (including phenoxy) is 2. The molecule has 0 bridgehead atoms. The minimum Gasteiger partial charge on any atom is -0.496 e. The molecule has 2 aromatic carbocycles. The van der Waals surface area contributed by atoms with E-state index in [1.54, 1.807) is 7.11 Å². The van der Waals surface area contributed by atoms with Crippen molar-refractivity contribution in [2.24, 2.45) is 0 Å². The molecule has 0 fully saturated rings. The van der Waals surface area contributed by atoms with Gasteiger partial charge in [-0.1, -0.05) is 23.5 Å². The molecule has 0 radical (unpaired) electrons. The van der Waals surface area contributed by atoms with Gasteiger partial charge in [0.15, 0.2) is 0 Å². The van der Waals surface area contributed by atoms with Gasteiger partial charge in [-0.25, -0.2) is 14.8 Å². The molecule has 1 amide bonds. The third-order valence-corrected chi connectivity index (χ3v) is 6.10. The molecule has 8 heteroatoms. The predicted octanol–water partition coefficient (Wildman–Crippen LogP) is 5.55. The zero-order valence-electron chi connectivity index (χ0n) is 17.9. The van der Waals surface area contributed by atoms with Crippen molar-refractivity contribution in [3.05, 3.63) is 59.5 Å². The molecule has 0 aliphatic rings. The summed E-state index contributed by atoms with van der Waals surface area (Å²) in [5, 5.41) is 4.24. The number of nitrogens with one attached hydrogen (secondary N) is 1. The van der Waals surface area contributed by atoms with E-state index in [1.165, 1.54) is 11.3 Å². The Morgan fingerprint density at radius 1 is 1.19 bits per heavy atom. The number of hydrogen-bond acceptors (Lipinski definition) is 6. The smallest absolute Gasteiger partial charge is 0.412 e. The zero-order chi connectivity index (χ0) is 22.0. The maximum atomic E-state index is 12.4. The fourth-order valence-corrected chi connectivity index (χ4v) is 4.31. The molecule has 160 valence electrons. The Bertz CT molecular complexity index is 1250. The highest BCUT2D eigenvalue weighted by molar-refractivity contribution is 7.19. The van der Waals surface area contributed by atoms with E-state index in [2.05, 4.69) is 26.8 Å². The summed E-state index contributed by atoms with van der Waals surface area (Å²) in [4.78, 5) is 21.4. The molecule has 2 heterocycles. The van der Waals surface area contributed by atoms with Crippen molar-refractivity contribution in [1.82, 2.24) is 14.5 Å². The lowest BCUT2D eigenvalue weighted by Gasteiger charge is -2.07. The molecule has 0 spiro atoms. The number of amides is 1. The number of nitrogens with zero attached hydrogens (tertiary/aromatic N) is 3. The molecular formula is C23H24N4O3S. The second-order valence-electron chi connectivity index (χ2n) is 7.19. The molecule has 0 saturated carbocycles. The largest absolute Gasteiger partial charge is 0.496 e. The SMILES string of the molecule is CCn1cnc2cc(COC(=O)Nc3sc(-c4ccc(C)cc4OC)nc3C)ccc21. The Hall–Kier alpha value is -3.39. The standard InChI is InChI=1S/C23H24N4O3S/c1-5-27-13-24-18-11-16(7-9-19(18)27)12-30-23(28)26-21-15(3)25-22(31-21)17-8-6-14(2)10-20(17)29-4/h6-11,13H,5,12H2,1-4H3,(H,26,28). The molecule has 0 atom stereocenters. The first-order valence-corrected chi connectivity index (χ1v) is 10.8. The monoisotopic (exact) mass is 436 g/mol. The van der Waals surface area contributed by atoms with Crippen molar-refractivity contribution in [3.63, 3.8) is 0 Å². The van der Waals surface area contributed by atoms with E-state index in [1.807, 2.05) is 56.6 Å². The second kappa shape index (κ2) is 8.77. The van der Waals surface area contributed by atoms with Gasteiger partial charge in [0.25, 0.3) is 0 Å². The Balaban J connectivity index is 1.43. The van der Waals surface area contributed by atoms with E-state index < -0.39 is 6.09 Å². The molecule has 0 aliphatic heterocycles. The van der Waals surface area contributed by atoms with Crippen LogP contribution in [0.4, 0.5) is 9.80 Å². The van der Waals surface area contributed by atoms with Gasteiger partial charge in [-0.2, -0.15) is 0 Å². The van der Waals surface area contributed by atoms with Gasteiger partial charge < -0.3 is 14.0 Å². The van der Waals surface area contributed by atoms with E-state index >= 15 is 0 Å². The van der Waals surface area contributed by atoms with Gasteiger partial charge in [0.2, 0.25) is 0 Å². The average molecular weight is 437 g/mol. The highest BCUT2D eigenvalue weighted by atomic mass is 32.1. The van der Waals surface area contributed by atoms with Crippen molar-refractivity contribution in [2.75, 3.05) is 12.4 Å². The molecule has 0 aliphatic carbocycles. The summed E-state index contributed by atoms with van der Waals surface area (Å²) in [5.41, 5.74) is 5.56. The maximum Gasteiger partial charge on any atom is 0.412 e. The van der Waals surface area contributed by atoms with E-state index in [9.17, 15) is 4.79 Å². The van der Waals surface area contributed by atoms with Gasteiger partial charge in [0, 0.05) is 6.54 Å². The quantitative estimate of drug-likeness (QED) is 0.428. The lowest BCUT2D eigenvalue weighted by Crippen LogP contribution is -2.13. The Morgan fingerprint density at radius 2 is 2.03 bits per heavy atom. The third-order valence-electron chi connectivity index (χ3n) is 5.00. The summed E-state index contributed by atoms with van der Waals surface area (Å²) < 4.78 is 13.0. The van der Waals surface area contributed by atoms with Crippen LogP contribution in [0.15, 0.2) is 42.7 Å². The Kier molecular flexibility index (Phi) is 5.90. The number of aromatic nitrogens is 3. The molecule has 4 aromatic rings. The van der Waals surface area contributed by atoms with Crippen molar-refractivity contribution in [3.8, 4) is 16.3 Å². The van der Waals surface area contributed by atoms with E-state index in [0.29, 0.717) is 5.00 Å². The fraction of sp³-hybridized carbons (Fsp3) is 0.261. The minimum atomic E-state index is -0.520. The number of benzene rings is 2. The van der Waals surface area contributed by atoms with E-state index in [-0.39, 0.29) is 6.61 Å². The molecular weight excluding hydrogens is 412 g/mol. The number of carbonyl (C=O) groups excluding carboxylic acids is 1. The average Bonchev–Trinajstić information content (AvgIpc) is 3.34. The second-order valence-corrected chi connectivity index (χ2v) is 8.19. The number of anilines is 1. The van der Waals surface area contributed by atoms with Crippen molar-refractivity contribution < 1.29 is 14.3 Å². The van der Waals surface area contributed by atoms with Crippen LogP contribution in [0.2, 0.25) is 0 Å². The highest BCUT2D eigenvalue weighted by Gasteiger charge is 2.16. The van der Waals surface area contributed by atoms with Crippen LogP contribution in [-0.4, -0.2) is 27.7 Å².